The lowest BCUT2D eigenvalue weighted by Crippen LogP contribution is -2.01. The Morgan fingerprint density at radius 1 is 0.957 bits per heavy atom. The largest absolute Gasteiger partial charge is 0.478 e. The molecule has 5 nitrogen and oxygen atoms in total. The summed E-state index contributed by atoms with van der Waals surface area (Å²) in [5.41, 5.74) is 7.36. The maximum atomic E-state index is 11.2. The Labute approximate surface area is 139 Å². The summed E-state index contributed by atoms with van der Waals surface area (Å²) in [6.45, 7) is 5.87. The number of anilines is 1. The highest BCUT2D eigenvalue weighted by molar-refractivity contribution is 7.99. The molecule has 2 aromatic rings. The number of aryl methyl sites for hydroxylation is 1. The summed E-state index contributed by atoms with van der Waals surface area (Å²) < 4.78 is 0. The number of nitrogens with two attached hydrogens (primary N) is 1. The smallest absolute Gasteiger partial charge is 0.336 e. The van der Waals surface area contributed by atoms with Crippen LogP contribution in [-0.4, -0.2) is 22.2 Å². The fourth-order valence-corrected chi connectivity index (χ4v) is 2.84. The van der Waals surface area contributed by atoms with Crippen LogP contribution >= 0.6 is 11.8 Å². The summed E-state index contributed by atoms with van der Waals surface area (Å²) in [6, 6.07) is 9.42. The van der Waals surface area contributed by atoms with Crippen LogP contribution in [0.4, 0.5) is 5.69 Å². The molecule has 0 spiro atoms. The van der Waals surface area contributed by atoms with E-state index in [2.05, 4.69) is 0 Å². The standard InChI is InChI=1S/C15H13NO4S.C2H6/c1-8-2-4-10(15(19)20)13(6-8)21-12-5-3-9(14(17)18)7-11(12)16;1-2/h2-7H,16H2,1H3,(H,17,18)(H,19,20);1-2H3. The summed E-state index contributed by atoms with van der Waals surface area (Å²) in [4.78, 5) is 23.3. The van der Waals surface area contributed by atoms with E-state index in [0.29, 0.717) is 15.5 Å². The lowest BCUT2D eigenvalue weighted by atomic mass is 10.1. The fourth-order valence-electron chi connectivity index (χ4n) is 1.78. The first kappa shape index (κ1) is 18.6. The van der Waals surface area contributed by atoms with Gasteiger partial charge in [0.1, 0.15) is 0 Å². The topological polar surface area (TPSA) is 101 Å². The molecule has 0 aliphatic rings. The van der Waals surface area contributed by atoms with Gasteiger partial charge in [-0.15, -0.1) is 0 Å². The molecule has 0 aromatic heterocycles. The SMILES string of the molecule is CC.Cc1ccc(C(=O)O)c(Sc2ccc(C(=O)O)cc2N)c1. The van der Waals surface area contributed by atoms with Crippen LogP contribution in [0, 0.1) is 6.92 Å². The number of hydrogen-bond acceptors (Lipinski definition) is 4. The molecular weight excluding hydrogens is 314 g/mol. The van der Waals surface area contributed by atoms with Crippen LogP contribution in [0.3, 0.4) is 0 Å². The van der Waals surface area contributed by atoms with Crippen molar-refractivity contribution in [2.75, 3.05) is 5.73 Å². The minimum absolute atomic E-state index is 0.0968. The van der Waals surface area contributed by atoms with E-state index < -0.39 is 11.9 Å². The van der Waals surface area contributed by atoms with Gasteiger partial charge in [-0.25, -0.2) is 9.59 Å². The maximum Gasteiger partial charge on any atom is 0.336 e. The molecule has 2 rings (SSSR count). The molecule has 0 saturated heterocycles. The van der Waals surface area contributed by atoms with Gasteiger partial charge >= 0.3 is 11.9 Å². The number of hydrogen-bond donors (Lipinski definition) is 3. The summed E-state index contributed by atoms with van der Waals surface area (Å²) >= 11 is 1.20. The summed E-state index contributed by atoms with van der Waals surface area (Å²) in [5, 5.41) is 18.1. The van der Waals surface area contributed by atoms with Crippen molar-refractivity contribution >= 4 is 29.4 Å². The van der Waals surface area contributed by atoms with E-state index in [9.17, 15) is 14.7 Å². The van der Waals surface area contributed by atoms with Crippen molar-refractivity contribution in [3.8, 4) is 0 Å². The Hall–Kier alpha value is -2.47. The summed E-state index contributed by atoms with van der Waals surface area (Å²) in [7, 11) is 0. The molecule has 0 saturated carbocycles. The van der Waals surface area contributed by atoms with E-state index in [-0.39, 0.29) is 11.1 Å². The van der Waals surface area contributed by atoms with Crippen molar-refractivity contribution in [2.24, 2.45) is 0 Å². The van der Waals surface area contributed by atoms with Gasteiger partial charge in [0.2, 0.25) is 0 Å². The summed E-state index contributed by atoms with van der Waals surface area (Å²) in [5.74, 6) is -2.07. The minimum Gasteiger partial charge on any atom is -0.478 e. The molecule has 0 atom stereocenters. The molecule has 0 aliphatic carbocycles. The Morgan fingerprint density at radius 3 is 2.13 bits per heavy atom. The van der Waals surface area contributed by atoms with Crippen LogP contribution in [0.5, 0.6) is 0 Å². The highest BCUT2D eigenvalue weighted by Gasteiger charge is 2.13. The van der Waals surface area contributed by atoms with Gasteiger partial charge in [-0.1, -0.05) is 31.7 Å². The van der Waals surface area contributed by atoms with E-state index in [1.807, 2.05) is 20.8 Å². The van der Waals surface area contributed by atoms with Crippen LogP contribution in [0.15, 0.2) is 46.2 Å². The predicted molar refractivity (Wildman–Crippen MR) is 91.4 cm³/mol. The number of rotatable bonds is 4. The lowest BCUT2D eigenvalue weighted by Gasteiger charge is -2.09. The number of carboxylic acids is 2. The second kappa shape index (κ2) is 8.24. The molecule has 6 heteroatoms. The van der Waals surface area contributed by atoms with Gasteiger partial charge in [-0.3, -0.25) is 0 Å². The number of carbonyl (C=O) groups is 2. The second-order valence-corrected chi connectivity index (χ2v) is 5.55. The van der Waals surface area contributed by atoms with Crippen LogP contribution in [0.25, 0.3) is 0 Å². The van der Waals surface area contributed by atoms with Crippen LogP contribution in [-0.2, 0) is 0 Å². The van der Waals surface area contributed by atoms with E-state index >= 15 is 0 Å². The van der Waals surface area contributed by atoms with Gasteiger partial charge in [0.05, 0.1) is 11.1 Å². The highest BCUT2D eigenvalue weighted by Crippen LogP contribution is 2.35. The quantitative estimate of drug-likeness (QED) is 0.727. The predicted octanol–water partition coefficient (Wildman–Crippen LogP) is 4.15. The molecule has 2 aromatic carbocycles. The normalized spacial score (nSPS) is 9.70. The second-order valence-electron chi connectivity index (χ2n) is 4.46. The third-order valence-electron chi connectivity index (χ3n) is 2.84. The van der Waals surface area contributed by atoms with Crippen LogP contribution in [0.1, 0.15) is 40.1 Å². The molecule has 0 fully saturated rings. The van der Waals surface area contributed by atoms with Crippen LogP contribution < -0.4 is 5.73 Å². The fraction of sp³-hybridized carbons (Fsp3) is 0.176. The number of nitrogen functional groups attached to an aromatic ring is 1. The van der Waals surface area contributed by atoms with Gasteiger partial charge in [0.25, 0.3) is 0 Å². The molecule has 122 valence electrons. The molecule has 0 aliphatic heterocycles. The molecule has 0 unspecified atom stereocenters. The molecule has 0 heterocycles. The zero-order valence-corrected chi connectivity index (χ0v) is 14.0. The zero-order valence-electron chi connectivity index (χ0n) is 13.2. The Kier molecular flexibility index (Phi) is 6.65. The third-order valence-corrected chi connectivity index (χ3v) is 3.99. The first-order valence-corrected chi connectivity index (χ1v) is 7.84. The van der Waals surface area contributed by atoms with Crippen molar-refractivity contribution in [1.29, 1.82) is 0 Å². The maximum absolute atomic E-state index is 11.2. The van der Waals surface area contributed by atoms with Gasteiger partial charge in [0.15, 0.2) is 0 Å². The van der Waals surface area contributed by atoms with E-state index in [1.165, 1.54) is 23.9 Å². The first-order valence-electron chi connectivity index (χ1n) is 7.03. The molecular formula is C17H19NO4S. The highest BCUT2D eigenvalue weighted by atomic mass is 32.2. The average Bonchev–Trinajstić information content (AvgIpc) is 2.51. The monoisotopic (exact) mass is 333 g/mol. The molecule has 0 amide bonds. The first-order chi connectivity index (χ1) is 10.9. The van der Waals surface area contributed by atoms with E-state index in [4.69, 9.17) is 10.8 Å². The molecule has 4 N–H and O–H groups in total. The van der Waals surface area contributed by atoms with Gasteiger partial charge in [-0.2, -0.15) is 0 Å². The van der Waals surface area contributed by atoms with Crippen molar-refractivity contribution < 1.29 is 19.8 Å². The Balaban J connectivity index is 0.00000127. The average molecular weight is 333 g/mol. The van der Waals surface area contributed by atoms with Crippen LogP contribution in [0.2, 0.25) is 0 Å². The Bertz CT molecular complexity index is 729. The van der Waals surface area contributed by atoms with Gasteiger partial charge in [0, 0.05) is 15.5 Å². The van der Waals surface area contributed by atoms with E-state index in [0.717, 1.165) is 5.56 Å². The Morgan fingerprint density at radius 2 is 1.61 bits per heavy atom. The number of aromatic carboxylic acids is 2. The lowest BCUT2D eigenvalue weighted by molar-refractivity contribution is 0.0684. The molecule has 0 radical (unpaired) electrons. The number of benzene rings is 2. The molecule has 23 heavy (non-hydrogen) atoms. The van der Waals surface area contributed by atoms with Crippen molar-refractivity contribution in [3.05, 3.63) is 53.1 Å². The van der Waals surface area contributed by atoms with Crippen molar-refractivity contribution in [3.63, 3.8) is 0 Å². The summed E-state index contributed by atoms with van der Waals surface area (Å²) in [6.07, 6.45) is 0. The van der Waals surface area contributed by atoms with Crippen molar-refractivity contribution in [1.82, 2.24) is 0 Å². The zero-order chi connectivity index (χ0) is 17.6. The number of carboxylic acid groups (broad SMARTS) is 2. The van der Waals surface area contributed by atoms with Gasteiger partial charge in [-0.05, 0) is 42.8 Å². The van der Waals surface area contributed by atoms with Crippen molar-refractivity contribution in [2.45, 2.75) is 30.6 Å². The van der Waals surface area contributed by atoms with Gasteiger partial charge < -0.3 is 15.9 Å². The minimum atomic E-state index is -1.06. The molecule has 0 bridgehead atoms. The van der Waals surface area contributed by atoms with E-state index in [1.54, 1.807) is 24.3 Å². The third kappa shape index (κ3) is 4.75.